The second kappa shape index (κ2) is 15.9. The molecule has 0 radical (unpaired) electrons. The zero-order valence-corrected chi connectivity index (χ0v) is 27.3. The Morgan fingerprint density at radius 1 is 1.00 bits per heavy atom. The van der Waals surface area contributed by atoms with E-state index in [1.165, 1.54) is 19.2 Å². The van der Waals surface area contributed by atoms with Crippen molar-refractivity contribution < 1.29 is 38.3 Å². The second-order valence-corrected chi connectivity index (χ2v) is 11.2. The van der Waals surface area contributed by atoms with Crippen molar-refractivity contribution in [2.45, 2.75) is 49.6 Å². The number of rotatable bonds is 15. The second-order valence-electron chi connectivity index (χ2n) is 11.2. The van der Waals surface area contributed by atoms with E-state index in [2.05, 4.69) is 4.98 Å². The first-order valence-corrected chi connectivity index (χ1v) is 15.5. The van der Waals surface area contributed by atoms with Crippen LogP contribution in [0.3, 0.4) is 0 Å². The Morgan fingerprint density at radius 2 is 1.59 bits per heavy atom. The smallest absolute Gasteiger partial charge is 0.351 e. The summed E-state index contributed by atoms with van der Waals surface area (Å²) in [5.74, 6) is 0.755. The van der Waals surface area contributed by atoms with Crippen molar-refractivity contribution in [2.75, 3.05) is 33.4 Å². The Labute approximate surface area is 283 Å². The number of carbonyl (C=O) groups excluding carboxylic acids is 1. The molecule has 3 aromatic carbocycles. The molecular weight excluding hydrogens is 632 g/mol. The molecule has 13 nitrogen and oxygen atoms in total. The summed E-state index contributed by atoms with van der Waals surface area (Å²) in [5, 5.41) is 20.7. The maximum Gasteiger partial charge on any atom is 0.351 e. The third kappa shape index (κ3) is 7.49. The topological polar surface area (TPSA) is 177 Å². The molecule has 0 saturated carbocycles. The largest absolute Gasteiger partial charge is 0.497 e. The summed E-state index contributed by atoms with van der Waals surface area (Å²) in [5.41, 5.74) is 5.52. The number of ketones is 1. The van der Waals surface area contributed by atoms with Crippen LogP contribution in [-0.2, 0) is 29.3 Å². The molecule has 1 fully saturated rings. The highest BCUT2D eigenvalue weighted by Gasteiger charge is 2.53. The fourth-order valence-corrected chi connectivity index (χ4v) is 5.85. The van der Waals surface area contributed by atoms with Crippen molar-refractivity contribution in [1.82, 2.24) is 9.55 Å². The number of aliphatic hydroxyl groups excluding tert-OH is 1. The Morgan fingerprint density at radius 3 is 2.12 bits per heavy atom. The van der Waals surface area contributed by atoms with Gasteiger partial charge in [-0.3, -0.25) is 9.36 Å². The standard InChI is InChI=1S/C36H38N4O9/c1-23(41)31(32-30(42)33(47-22-46-21-7-19-37)34(48-32)40-20-18-29(38)39-35(40)43)49-36(24-8-5-4-6-9-24,25-10-14-27(44-2)15-11-25)26-12-16-28(45-3)17-13-26/h4-6,8-18,20,30-34,42H,7,21-22H2,1-3H3,(H2,38,39,43)/t30-,31?,32+,33-,34-/m1/s1. The van der Waals surface area contributed by atoms with E-state index in [0.717, 1.165) is 4.57 Å². The van der Waals surface area contributed by atoms with Crippen LogP contribution in [0.2, 0.25) is 0 Å². The van der Waals surface area contributed by atoms with Crippen LogP contribution in [0.15, 0.2) is 95.9 Å². The Kier molecular flexibility index (Phi) is 11.4. The van der Waals surface area contributed by atoms with Gasteiger partial charge in [-0.25, -0.2) is 4.79 Å². The molecule has 2 heterocycles. The quantitative estimate of drug-likeness (QED) is 0.107. The molecule has 256 valence electrons. The molecule has 4 aromatic rings. The van der Waals surface area contributed by atoms with E-state index < -0.39 is 47.7 Å². The number of benzene rings is 3. The first-order valence-electron chi connectivity index (χ1n) is 15.5. The molecule has 5 rings (SSSR count). The van der Waals surface area contributed by atoms with E-state index in [1.807, 2.05) is 60.7 Å². The van der Waals surface area contributed by atoms with Crippen LogP contribution < -0.4 is 20.9 Å². The number of aromatic nitrogens is 2. The lowest BCUT2D eigenvalue weighted by Crippen LogP contribution is -2.49. The van der Waals surface area contributed by atoms with Gasteiger partial charge in [0.25, 0.3) is 0 Å². The maximum atomic E-state index is 13.7. The zero-order chi connectivity index (χ0) is 35.0. The van der Waals surface area contributed by atoms with Crippen LogP contribution in [0.4, 0.5) is 5.82 Å². The summed E-state index contributed by atoms with van der Waals surface area (Å²) in [7, 11) is 3.13. The first-order chi connectivity index (χ1) is 23.7. The molecule has 0 amide bonds. The molecule has 3 N–H and O–H groups in total. The van der Waals surface area contributed by atoms with E-state index in [4.69, 9.17) is 39.4 Å². The summed E-state index contributed by atoms with van der Waals surface area (Å²) in [6.45, 7) is 1.09. The number of nitrogens with two attached hydrogens (primary N) is 1. The number of anilines is 1. The Bertz CT molecular complexity index is 1750. The van der Waals surface area contributed by atoms with Gasteiger partial charge in [-0.15, -0.1) is 0 Å². The lowest BCUT2D eigenvalue weighted by atomic mass is 9.79. The number of nitriles is 1. The average Bonchev–Trinajstić information content (AvgIpc) is 3.44. The van der Waals surface area contributed by atoms with E-state index in [0.29, 0.717) is 28.2 Å². The van der Waals surface area contributed by atoms with Gasteiger partial charge < -0.3 is 39.3 Å². The molecule has 0 bridgehead atoms. The number of Topliss-reactive ketones (excluding diaryl/α,β-unsaturated/α-hetero) is 1. The van der Waals surface area contributed by atoms with Crippen molar-refractivity contribution in [2.24, 2.45) is 0 Å². The van der Waals surface area contributed by atoms with Crippen LogP contribution in [0, 0.1) is 11.3 Å². The normalized spacial score (nSPS) is 19.6. The van der Waals surface area contributed by atoms with Crippen LogP contribution >= 0.6 is 0 Å². The molecule has 0 spiro atoms. The summed E-state index contributed by atoms with van der Waals surface area (Å²) in [6, 6.07) is 27.2. The average molecular weight is 671 g/mol. The van der Waals surface area contributed by atoms with E-state index >= 15 is 0 Å². The van der Waals surface area contributed by atoms with Crippen LogP contribution in [-0.4, -0.2) is 72.5 Å². The number of methoxy groups -OCH3 is 2. The number of aliphatic hydroxyl groups is 1. The minimum Gasteiger partial charge on any atom is -0.497 e. The zero-order valence-electron chi connectivity index (χ0n) is 27.3. The number of nitrogen functional groups attached to an aromatic ring is 1. The van der Waals surface area contributed by atoms with Gasteiger partial charge in [0.15, 0.2) is 12.0 Å². The van der Waals surface area contributed by atoms with Gasteiger partial charge in [0.1, 0.15) is 54.1 Å². The van der Waals surface area contributed by atoms with Crippen molar-refractivity contribution in [3.63, 3.8) is 0 Å². The number of hydrogen-bond acceptors (Lipinski definition) is 12. The fourth-order valence-electron chi connectivity index (χ4n) is 5.85. The third-order valence-corrected chi connectivity index (χ3v) is 8.25. The fraction of sp³-hybridized carbons (Fsp3) is 0.333. The molecule has 1 aliphatic heterocycles. The van der Waals surface area contributed by atoms with Gasteiger partial charge in [-0.05, 0) is 53.9 Å². The number of hydrogen-bond donors (Lipinski definition) is 2. The van der Waals surface area contributed by atoms with Crippen LogP contribution in [0.25, 0.3) is 0 Å². The van der Waals surface area contributed by atoms with E-state index in [1.54, 1.807) is 38.5 Å². The summed E-state index contributed by atoms with van der Waals surface area (Å²) >= 11 is 0. The molecular formula is C36H38N4O9. The van der Waals surface area contributed by atoms with Gasteiger partial charge >= 0.3 is 5.69 Å². The lowest BCUT2D eigenvalue weighted by molar-refractivity contribution is -0.164. The number of ether oxygens (including phenoxy) is 6. The highest BCUT2D eigenvalue weighted by molar-refractivity contribution is 5.81. The molecule has 49 heavy (non-hydrogen) atoms. The molecule has 1 saturated heterocycles. The summed E-state index contributed by atoms with van der Waals surface area (Å²) in [4.78, 5) is 30.4. The van der Waals surface area contributed by atoms with Gasteiger partial charge in [-0.2, -0.15) is 10.2 Å². The minimum atomic E-state index is -1.50. The van der Waals surface area contributed by atoms with Crippen LogP contribution in [0.5, 0.6) is 11.5 Å². The monoisotopic (exact) mass is 670 g/mol. The van der Waals surface area contributed by atoms with Crippen molar-refractivity contribution in [1.29, 1.82) is 5.26 Å². The van der Waals surface area contributed by atoms with E-state index in [-0.39, 0.29) is 25.6 Å². The number of carbonyl (C=O) groups is 1. The Balaban J connectivity index is 1.63. The van der Waals surface area contributed by atoms with Gasteiger partial charge in [0, 0.05) is 6.20 Å². The lowest BCUT2D eigenvalue weighted by Gasteiger charge is -2.40. The van der Waals surface area contributed by atoms with Gasteiger partial charge in [0.2, 0.25) is 0 Å². The highest BCUT2D eigenvalue weighted by atomic mass is 16.7. The van der Waals surface area contributed by atoms with Crippen molar-refractivity contribution in [3.05, 3.63) is 118 Å². The molecule has 1 aromatic heterocycles. The first kappa shape index (κ1) is 35.2. The molecule has 13 heteroatoms. The minimum absolute atomic E-state index is 0.00905. The predicted octanol–water partition coefficient (Wildman–Crippen LogP) is 3.34. The molecule has 1 unspecified atom stereocenters. The highest BCUT2D eigenvalue weighted by Crippen LogP contribution is 2.45. The third-order valence-electron chi connectivity index (χ3n) is 8.25. The van der Waals surface area contributed by atoms with Gasteiger partial charge in [-0.1, -0.05) is 54.6 Å². The summed E-state index contributed by atoms with van der Waals surface area (Å²) in [6.07, 6.45) is -5.22. The molecule has 5 atom stereocenters. The maximum absolute atomic E-state index is 13.7. The Hall–Kier alpha value is -5.10. The van der Waals surface area contributed by atoms with Gasteiger partial charge in [0.05, 0.1) is 33.3 Å². The molecule has 0 aliphatic carbocycles. The summed E-state index contributed by atoms with van der Waals surface area (Å²) < 4.78 is 36.6. The van der Waals surface area contributed by atoms with E-state index in [9.17, 15) is 14.7 Å². The predicted molar refractivity (Wildman–Crippen MR) is 177 cm³/mol. The SMILES string of the molecule is COc1ccc(C(OC(C(C)=O)[C@H]2O[C@@H](n3ccc(N)nc3=O)[C@H](OCOCCC#N)[C@@H]2O)(c2ccccc2)c2ccc(OC)cc2)cc1. The molecule has 1 aliphatic rings. The number of nitrogens with zero attached hydrogens (tertiary/aromatic N) is 3. The van der Waals surface area contributed by atoms with Crippen molar-refractivity contribution >= 4 is 11.6 Å². The van der Waals surface area contributed by atoms with Crippen molar-refractivity contribution in [3.8, 4) is 17.6 Å². The van der Waals surface area contributed by atoms with Crippen LogP contribution in [0.1, 0.15) is 36.3 Å².